The van der Waals surface area contributed by atoms with Crippen LogP contribution in [0.2, 0.25) is 0 Å². The molecule has 30 heavy (non-hydrogen) atoms. The fourth-order valence-corrected chi connectivity index (χ4v) is 2.37. The number of allylic oxidation sites excluding steroid dienone is 3. The third kappa shape index (κ3) is 16.3. The number of aldehydes is 1. The largest absolute Gasteiger partial charge is 0.412 e. The lowest BCUT2D eigenvalue weighted by molar-refractivity contribution is -0.106. The lowest BCUT2D eigenvalue weighted by atomic mass is 9.98. The van der Waals surface area contributed by atoms with E-state index in [2.05, 4.69) is 63.2 Å². The molecule has 0 aliphatic rings. The summed E-state index contributed by atoms with van der Waals surface area (Å²) < 4.78 is 0. The van der Waals surface area contributed by atoms with Crippen LogP contribution in [0.15, 0.2) is 78.6 Å². The van der Waals surface area contributed by atoms with Crippen LogP contribution in [-0.4, -0.2) is 6.29 Å². The molecule has 3 heteroatoms. The van der Waals surface area contributed by atoms with Crippen molar-refractivity contribution >= 4 is 6.29 Å². The summed E-state index contributed by atoms with van der Waals surface area (Å²) in [5.74, 6) is 6.35. The molecule has 2 rings (SSSR count). The predicted molar refractivity (Wildman–Crippen MR) is 131 cm³/mol. The van der Waals surface area contributed by atoms with Crippen molar-refractivity contribution in [3.63, 3.8) is 0 Å². The minimum Gasteiger partial charge on any atom is -0.412 e. The normalized spacial score (nSPS) is 11.0. The van der Waals surface area contributed by atoms with E-state index in [1.807, 2.05) is 51.1 Å². The first kappa shape index (κ1) is 29.6. The molecular formula is C27H41NO2. The molecule has 0 saturated carbocycles. The number of aryl methyl sites for hydroxylation is 3. The number of nitrogens with two attached hydrogens (primary N) is 1. The first-order chi connectivity index (χ1) is 14.5. The van der Waals surface area contributed by atoms with Crippen LogP contribution in [0.25, 0.3) is 0 Å². The Hall–Kier alpha value is -2.65. The van der Waals surface area contributed by atoms with Gasteiger partial charge in [-0.25, -0.2) is 0 Å². The maximum atomic E-state index is 8.81. The van der Waals surface area contributed by atoms with E-state index in [-0.39, 0.29) is 0 Å². The van der Waals surface area contributed by atoms with Crippen molar-refractivity contribution in [2.45, 2.75) is 61.3 Å². The summed E-state index contributed by atoms with van der Waals surface area (Å²) in [4.78, 5) is 13.5. The minimum absolute atomic E-state index is 0.509. The molecule has 0 amide bonds. The Bertz CT molecular complexity index is 706. The van der Waals surface area contributed by atoms with Crippen molar-refractivity contribution in [3.05, 3.63) is 95.3 Å². The molecule has 0 saturated heterocycles. The highest BCUT2D eigenvalue weighted by Gasteiger charge is 2.01. The van der Waals surface area contributed by atoms with E-state index in [0.29, 0.717) is 11.7 Å². The van der Waals surface area contributed by atoms with Crippen molar-refractivity contribution in [1.29, 1.82) is 0 Å². The molecule has 2 aromatic carbocycles. The molecule has 0 heterocycles. The van der Waals surface area contributed by atoms with Gasteiger partial charge in [0.15, 0.2) is 0 Å². The van der Waals surface area contributed by atoms with E-state index in [4.69, 9.17) is 15.5 Å². The van der Waals surface area contributed by atoms with Gasteiger partial charge >= 0.3 is 0 Å². The molecular weight excluding hydrogens is 370 g/mol. The van der Waals surface area contributed by atoms with E-state index < -0.39 is 0 Å². The lowest BCUT2D eigenvalue weighted by Gasteiger charge is -2.08. The van der Waals surface area contributed by atoms with Gasteiger partial charge in [-0.05, 0) is 69.7 Å². The van der Waals surface area contributed by atoms with E-state index in [1.165, 1.54) is 23.6 Å². The maximum Gasteiger partial charge on any atom is 0.142 e. The van der Waals surface area contributed by atoms with Gasteiger partial charge in [0.05, 0.1) is 0 Å². The second-order valence-corrected chi connectivity index (χ2v) is 6.50. The van der Waals surface area contributed by atoms with Gasteiger partial charge in [-0.15, -0.1) is 0 Å². The van der Waals surface area contributed by atoms with Gasteiger partial charge < -0.3 is 9.63 Å². The third-order valence-electron chi connectivity index (χ3n) is 4.08. The highest BCUT2D eigenvalue weighted by Crippen LogP contribution is 2.14. The molecule has 0 bridgehead atoms. The first-order valence-electron chi connectivity index (χ1n) is 10.7. The van der Waals surface area contributed by atoms with E-state index in [0.717, 1.165) is 19.1 Å². The summed E-state index contributed by atoms with van der Waals surface area (Å²) in [6.45, 7) is 13.8. The molecule has 0 aliphatic carbocycles. The van der Waals surface area contributed by atoms with Crippen LogP contribution >= 0.6 is 0 Å². The average Bonchev–Trinajstić information content (AvgIpc) is 2.77. The van der Waals surface area contributed by atoms with Gasteiger partial charge in [0.2, 0.25) is 0 Å². The molecule has 0 aromatic heterocycles. The summed E-state index contributed by atoms with van der Waals surface area (Å²) in [6.07, 6.45) is 8.91. The Morgan fingerprint density at radius 2 is 1.53 bits per heavy atom. The predicted octanol–water partition coefficient (Wildman–Crippen LogP) is 7.14. The average molecular weight is 412 g/mol. The monoisotopic (exact) mass is 411 g/mol. The van der Waals surface area contributed by atoms with E-state index >= 15 is 0 Å². The molecule has 1 atom stereocenters. The molecule has 0 radical (unpaired) electrons. The summed E-state index contributed by atoms with van der Waals surface area (Å²) in [5.41, 5.74) is 4.12. The number of carbonyl (C=O) groups is 1. The maximum absolute atomic E-state index is 8.81. The number of hydrogen-bond acceptors (Lipinski definition) is 3. The Morgan fingerprint density at radius 3 is 1.97 bits per heavy atom. The molecule has 0 aliphatic heterocycles. The van der Waals surface area contributed by atoms with Crippen LogP contribution in [0.5, 0.6) is 0 Å². The molecule has 2 aromatic rings. The summed E-state index contributed by atoms with van der Waals surface area (Å²) in [5, 5.41) is 0. The molecule has 0 spiro atoms. The van der Waals surface area contributed by atoms with Gasteiger partial charge in [-0.1, -0.05) is 87.0 Å². The smallest absolute Gasteiger partial charge is 0.142 e. The Kier molecular flexibility index (Phi) is 20.8. The Balaban J connectivity index is 0. The van der Waals surface area contributed by atoms with Crippen molar-refractivity contribution in [2.75, 3.05) is 0 Å². The Morgan fingerprint density at radius 1 is 1.00 bits per heavy atom. The zero-order valence-electron chi connectivity index (χ0n) is 19.9. The number of carbonyl (C=O) groups excluding carboxylic acids is 1. The second kappa shape index (κ2) is 21.1. The molecule has 3 nitrogen and oxygen atoms in total. The zero-order valence-corrected chi connectivity index (χ0v) is 19.9. The zero-order chi connectivity index (χ0) is 23.2. The van der Waals surface area contributed by atoms with Crippen LogP contribution in [0.3, 0.4) is 0 Å². The minimum atomic E-state index is 0.509. The molecule has 0 unspecified atom stereocenters. The highest BCUT2D eigenvalue weighted by molar-refractivity contribution is 5.44. The van der Waals surface area contributed by atoms with Crippen LogP contribution in [0.1, 0.15) is 57.7 Å². The van der Waals surface area contributed by atoms with Crippen LogP contribution < -0.4 is 5.90 Å². The first-order valence-corrected chi connectivity index (χ1v) is 10.7. The van der Waals surface area contributed by atoms with Gasteiger partial charge in [-0.3, -0.25) is 0 Å². The number of rotatable bonds is 6. The van der Waals surface area contributed by atoms with E-state index in [9.17, 15) is 0 Å². The van der Waals surface area contributed by atoms with Crippen LogP contribution in [-0.2, 0) is 16.1 Å². The van der Waals surface area contributed by atoms with Crippen LogP contribution in [0.4, 0.5) is 0 Å². The van der Waals surface area contributed by atoms with Gasteiger partial charge in [0.1, 0.15) is 12.0 Å². The number of benzene rings is 2. The molecule has 0 fully saturated rings. The van der Waals surface area contributed by atoms with Gasteiger partial charge in [0.25, 0.3) is 0 Å². The molecule has 166 valence electrons. The summed E-state index contributed by atoms with van der Waals surface area (Å²) >= 11 is 0. The summed E-state index contributed by atoms with van der Waals surface area (Å²) in [6, 6.07) is 18.8. The third-order valence-corrected chi connectivity index (χ3v) is 4.08. The fourth-order valence-electron chi connectivity index (χ4n) is 2.37. The van der Waals surface area contributed by atoms with E-state index in [1.54, 1.807) is 0 Å². The van der Waals surface area contributed by atoms with Crippen molar-refractivity contribution in [1.82, 2.24) is 0 Å². The van der Waals surface area contributed by atoms with Gasteiger partial charge in [0, 0.05) is 0 Å². The summed E-state index contributed by atoms with van der Waals surface area (Å²) in [7, 11) is 0. The standard InChI is InChI=1S/C16H23NO.C7H8.C2H4O.C2H6/c1-4-16(18-17)12-10-13(2)9-11-15-8-6-5-7-14(15)3;1-7-5-3-2-4-6-7;1-2-3;1-2/h4-8,10,12-13H,9,11,17H2,1-3H3;2-6H,1H3;2H,1H3;1-2H3/b12-10+,16-4-;;;/t13-;;;/m0.../s1. The number of hydrogen-bond donors (Lipinski definition) is 1. The lowest BCUT2D eigenvalue weighted by Crippen LogP contribution is -1.98. The highest BCUT2D eigenvalue weighted by atomic mass is 16.6. The van der Waals surface area contributed by atoms with Crippen molar-refractivity contribution < 1.29 is 9.63 Å². The SMILES string of the molecule is C/C=C(/C=C/[C@@H](C)CCc1ccccc1C)ON.CC.CC=O.Cc1ccccc1. The molecule has 2 N–H and O–H groups in total. The topological polar surface area (TPSA) is 52.3 Å². The fraction of sp³-hybridized carbons (Fsp3) is 0.370. The Labute approximate surface area is 184 Å². The van der Waals surface area contributed by atoms with Crippen LogP contribution in [0, 0.1) is 19.8 Å². The second-order valence-electron chi connectivity index (χ2n) is 6.50. The van der Waals surface area contributed by atoms with Crippen molar-refractivity contribution in [3.8, 4) is 0 Å². The van der Waals surface area contributed by atoms with Gasteiger partial charge in [-0.2, -0.15) is 5.90 Å². The quantitative estimate of drug-likeness (QED) is 0.238. The van der Waals surface area contributed by atoms with Crippen molar-refractivity contribution in [2.24, 2.45) is 11.8 Å².